The molecule has 1 N–H and O–H groups in total. The van der Waals surface area contributed by atoms with Crippen molar-refractivity contribution in [3.8, 4) is 0 Å². The highest BCUT2D eigenvalue weighted by molar-refractivity contribution is 5.79. The van der Waals surface area contributed by atoms with Crippen LogP contribution >= 0.6 is 0 Å². The van der Waals surface area contributed by atoms with E-state index >= 15 is 0 Å². The number of carbonyl (C=O) groups is 1. The molecule has 4 heterocycles. The summed E-state index contributed by atoms with van der Waals surface area (Å²) in [5.41, 5.74) is 3.45. The average Bonchev–Trinajstić information content (AvgIpc) is 3.52. The Labute approximate surface area is 177 Å². The number of aromatic nitrogens is 3. The van der Waals surface area contributed by atoms with Crippen molar-refractivity contribution in [1.29, 1.82) is 0 Å². The highest BCUT2D eigenvalue weighted by Crippen LogP contribution is 2.33. The summed E-state index contributed by atoms with van der Waals surface area (Å²) in [5, 5.41) is 3.31. The van der Waals surface area contributed by atoms with Crippen LogP contribution in [0.2, 0.25) is 0 Å². The first-order chi connectivity index (χ1) is 14.6. The second kappa shape index (κ2) is 7.84. The maximum Gasteiger partial charge on any atom is 0.277 e. The Morgan fingerprint density at radius 2 is 2.03 bits per heavy atom. The largest absolute Gasteiger partial charge is 0.334 e. The van der Waals surface area contributed by atoms with E-state index in [9.17, 15) is 9.59 Å². The zero-order chi connectivity index (χ0) is 20.8. The smallest absolute Gasteiger partial charge is 0.277 e. The number of nitrogens with zero attached hydrogens (tertiary/aromatic N) is 4. The van der Waals surface area contributed by atoms with Crippen molar-refractivity contribution in [2.24, 2.45) is 5.92 Å². The standard InChI is InChI=1S/C23H33N5O2/c1-3-15(2)22(29)27-11-6-9-20(27)19-13-21-24-18-10-12-26(16-7-4-5-8-16)14-17(18)23(30)28(21)25-19/h13,15-16,20,25H,3-12,14H2,1-2H3/t15-,20-/m1/s1. The Bertz CT molecular complexity index is 1000. The third kappa shape index (κ3) is 3.27. The Morgan fingerprint density at radius 3 is 2.80 bits per heavy atom. The van der Waals surface area contributed by atoms with Crippen LogP contribution in [0.1, 0.15) is 81.8 Å². The van der Waals surface area contributed by atoms with E-state index in [-0.39, 0.29) is 23.4 Å². The van der Waals surface area contributed by atoms with E-state index in [1.54, 1.807) is 4.52 Å². The van der Waals surface area contributed by atoms with E-state index in [1.807, 2.05) is 17.9 Å². The van der Waals surface area contributed by atoms with E-state index in [2.05, 4.69) is 16.9 Å². The summed E-state index contributed by atoms with van der Waals surface area (Å²) in [6.07, 6.45) is 8.73. The van der Waals surface area contributed by atoms with Gasteiger partial charge in [-0.05, 0) is 32.1 Å². The number of hydrogen-bond acceptors (Lipinski definition) is 4. The van der Waals surface area contributed by atoms with Crippen molar-refractivity contribution in [2.45, 2.75) is 83.8 Å². The number of hydrogen-bond donors (Lipinski definition) is 1. The van der Waals surface area contributed by atoms with Gasteiger partial charge in [0.05, 0.1) is 23.0 Å². The molecule has 30 heavy (non-hydrogen) atoms. The number of likely N-dealkylation sites (tertiary alicyclic amines) is 1. The quantitative estimate of drug-likeness (QED) is 0.839. The molecule has 2 aliphatic heterocycles. The minimum atomic E-state index is 0.0135. The van der Waals surface area contributed by atoms with E-state index in [4.69, 9.17) is 4.98 Å². The molecule has 2 fully saturated rings. The molecule has 1 saturated heterocycles. The second-order valence-corrected chi connectivity index (χ2v) is 9.41. The van der Waals surface area contributed by atoms with Crippen molar-refractivity contribution in [3.63, 3.8) is 0 Å². The SMILES string of the molecule is CC[C@@H](C)C(=O)N1CCC[C@@H]1c1cc2nc3c(c(=O)n2[nH]1)CN(C1CCCC1)CC3. The fourth-order valence-electron chi connectivity index (χ4n) is 5.58. The van der Waals surface area contributed by atoms with E-state index < -0.39 is 0 Å². The van der Waals surface area contributed by atoms with Crippen LogP contribution in [0.25, 0.3) is 5.65 Å². The summed E-state index contributed by atoms with van der Waals surface area (Å²) < 4.78 is 1.61. The Balaban J connectivity index is 1.46. The highest BCUT2D eigenvalue weighted by Gasteiger charge is 2.34. The van der Waals surface area contributed by atoms with Crippen LogP contribution < -0.4 is 5.56 Å². The van der Waals surface area contributed by atoms with Crippen LogP contribution in [0.3, 0.4) is 0 Å². The molecule has 1 amide bonds. The molecule has 5 rings (SSSR count). The Hall–Kier alpha value is -2.15. The zero-order valence-electron chi connectivity index (χ0n) is 18.2. The molecular weight excluding hydrogens is 378 g/mol. The van der Waals surface area contributed by atoms with E-state index in [0.29, 0.717) is 18.2 Å². The molecule has 0 bridgehead atoms. The molecule has 0 spiro atoms. The normalized spacial score (nSPS) is 23.9. The van der Waals surface area contributed by atoms with Gasteiger partial charge in [0.25, 0.3) is 5.56 Å². The van der Waals surface area contributed by atoms with Gasteiger partial charge < -0.3 is 4.90 Å². The van der Waals surface area contributed by atoms with Gasteiger partial charge in [-0.3, -0.25) is 19.6 Å². The average molecular weight is 412 g/mol. The van der Waals surface area contributed by atoms with Gasteiger partial charge >= 0.3 is 0 Å². The monoisotopic (exact) mass is 411 g/mol. The van der Waals surface area contributed by atoms with Crippen molar-refractivity contribution in [3.05, 3.63) is 33.4 Å². The summed E-state index contributed by atoms with van der Waals surface area (Å²) in [5.74, 6) is 0.246. The van der Waals surface area contributed by atoms with Crippen LogP contribution in [-0.2, 0) is 17.8 Å². The lowest BCUT2D eigenvalue weighted by Crippen LogP contribution is -2.41. The molecule has 3 aliphatic rings. The molecule has 2 aromatic rings. The fourth-order valence-corrected chi connectivity index (χ4v) is 5.58. The Kier molecular flexibility index (Phi) is 5.17. The lowest BCUT2D eigenvalue weighted by molar-refractivity contribution is -0.136. The predicted octanol–water partition coefficient (Wildman–Crippen LogP) is 3.03. The molecule has 1 saturated carbocycles. The summed E-state index contributed by atoms with van der Waals surface area (Å²) in [6.45, 7) is 6.56. The van der Waals surface area contributed by atoms with Crippen LogP contribution in [-0.4, -0.2) is 49.4 Å². The second-order valence-electron chi connectivity index (χ2n) is 9.41. The van der Waals surface area contributed by atoms with Crippen molar-refractivity contribution in [1.82, 2.24) is 24.4 Å². The van der Waals surface area contributed by atoms with Gasteiger partial charge in [0, 0.05) is 44.1 Å². The van der Waals surface area contributed by atoms with Crippen molar-refractivity contribution in [2.75, 3.05) is 13.1 Å². The summed E-state index contributed by atoms with van der Waals surface area (Å²) in [6, 6.07) is 2.62. The van der Waals surface area contributed by atoms with Crippen LogP contribution in [0, 0.1) is 5.92 Å². The van der Waals surface area contributed by atoms with E-state index in [1.165, 1.54) is 25.7 Å². The highest BCUT2D eigenvalue weighted by atomic mass is 16.2. The molecular formula is C23H33N5O2. The minimum Gasteiger partial charge on any atom is -0.334 e. The Morgan fingerprint density at radius 1 is 1.23 bits per heavy atom. The lowest BCUT2D eigenvalue weighted by Gasteiger charge is -2.32. The van der Waals surface area contributed by atoms with E-state index in [0.717, 1.165) is 55.7 Å². The van der Waals surface area contributed by atoms with Crippen molar-refractivity contribution < 1.29 is 4.79 Å². The number of rotatable bonds is 4. The molecule has 162 valence electrons. The predicted molar refractivity (Wildman–Crippen MR) is 115 cm³/mol. The molecule has 2 atom stereocenters. The first-order valence-electron chi connectivity index (χ1n) is 11.7. The molecule has 7 heteroatoms. The molecule has 0 aromatic carbocycles. The summed E-state index contributed by atoms with van der Waals surface area (Å²) in [7, 11) is 0. The van der Waals surface area contributed by atoms with Gasteiger partial charge in [-0.2, -0.15) is 0 Å². The van der Waals surface area contributed by atoms with Crippen LogP contribution in [0.5, 0.6) is 0 Å². The van der Waals surface area contributed by atoms with Gasteiger partial charge in [-0.25, -0.2) is 9.50 Å². The summed E-state index contributed by atoms with van der Waals surface area (Å²) in [4.78, 5) is 35.5. The first-order valence-corrected chi connectivity index (χ1v) is 11.7. The van der Waals surface area contributed by atoms with Gasteiger partial charge in [0.15, 0.2) is 5.65 Å². The van der Waals surface area contributed by atoms with Gasteiger partial charge in [-0.15, -0.1) is 0 Å². The third-order valence-electron chi connectivity index (χ3n) is 7.58. The number of carbonyl (C=O) groups excluding carboxylic acids is 1. The number of amides is 1. The van der Waals surface area contributed by atoms with Crippen LogP contribution in [0.4, 0.5) is 0 Å². The minimum absolute atomic E-state index is 0.0135. The lowest BCUT2D eigenvalue weighted by atomic mass is 10.0. The fraction of sp³-hybridized carbons (Fsp3) is 0.696. The zero-order valence-corrected chi connectivity index (χ0v) is 18.2. The topological polar surface area (TPSA) is 73.7 Å². The van der Waals surface area contributed by atoms with Gasteiger partial charge in [0.2, 0.25) is 5.91 Å². The number of aromatic amines is 1. The first kappa shape index (κ1) is 19.8. The maximum absolute atomic E-state index is 13.3. The molecule has 2 aromatic heterocycles. The molecule has 1 aliphatic carbocycles. The maximum atomic E-state index is 13.3. The third-order valence-corrected chi connectivity index (χ3v) is 7.58. The van der Waals surface area contributed by atoms with Gasteiger partial charge in [0.1, 0.15) is 0 Å². The number of fused-ring (bicyclic) bond motifs is 2. The molecule has 0 unspecified atom stereocenters. The molecule has 0 radical (unpaired) electrons. The number of nitrogens with one attached hydrogen (secondary N) is 1. The molecule has 7 nitrogen and oxygen atoms in total. The van der Waals surface area contributed by atoms with Crippen molar-refractivity contribution >= 4 is 11.6 Å². The van der Waals surface area contributed by atoms with Crippen LogP contribution in [0.15, 0.2) is 10.9 Å². The number of H-pyrrole nitrogens is 1. The summed E-state index contributed by atoms with van der Waals surface area (Å²) >= 11 is 0. The van der Waals surface area contributed by atoms with Gasteiger partial charge in [-0.1, -0.05) is 26.7 Å².